The van der Waals surface area contributed by atoms with Gasteiger partial charge in [0.1, 0.15) is 0 Å². The molecule has 92 valence electrons. The fourth-order valence-electron chi connectivity index (χ4n) is 1.15. The van der Waals surface area contributed by atoms with Crippen LogP contribution in [0.2, 0.25) is 0 Å². The first-order valence-electron chi connectivity index (χ1n) is 4.97. The lowest BCUT2D eigenvalue weighted by molar-refractivity contribution is -0.203. The highest BCUT2D eigenvalue weighted by Crippen LogP contribution is 2.31. The number of rotatable bonds is 5. The Labute approximate surface area is 98.2 Å². The van der Waals surface area contributed by atoms with E-state index < -0.39 is 11.9 Å². The highest BCUT2D eigenvalue weighted by atomic mass is 17.2. The monoisotopic (exact) mass is 239 g/mol. The summed E-state index contributed by atoms with van der Waals surface area (Å²) in [5.74, 6) is -1.22. The molecular weight excluding hydrogens is 226 g/mol. The summed E-state index contributed by atoms with van der Waals surface area (Å²) < 4.78 is 4.89. The summed E-state index contributed by atoms with van der Waals surface area (Å²) >= 11 is 0. The molecule has 0 aliphatic heterocycles. The lowest BCUT2D eigenvalue weighted by Crippen LogP contribution is -2.15. The molecule has 6 nitrogen and oxygen atoms in total. The zero-order valence-electron chi connectivity index (χ0n) is 9.56. The van der Waals surface area contributed by atoms with Crippen molar-refractivity contribution in [3.8, 4) is 11.5 Å². The van der Waals surface area contributed by atoms with Gasteiger partial charge in [-0.05, 0) is 19.1 Å². The Morgan fingerprint density at radius 2 is 2.06 bits per heavy atom. The van der Waals surface area contributed by atoms with Gasteiger partial charge in [0, 0.05) is 6.92 Å². The molecular formula is C11H13NO5. The Kier molecular flexibility index (Phi) is 4.47. The van der Waals surface area contributed by atoms with E-state index in [4.69, 9.17) is 20.2 Å². The van der Waals surface area contributed by atoms with E-state index in [1.165, 1.54) is 19.1 Å². The molecule has 0 aliphatic rings. The molecule has 0 saturated heterocycles. The second-order valence-electron chi connectivity index (χ2n) is 3.08. The number of hydrogen-bond donors (Lipinski definition) is 1. The Morgan fingerprint density at radius 1 is 1.35 bits per heavy atom. The third kappa shape index (κ3) is 3.46. The quantitative estimate of drug-likeness (QED) is 0.359. The zero-order chi connectivity index (χ0) is 12.8. The normalized spacial score (nSPS) is 9.76. The minimum Gasteiger partial charge on any atom is -0.422 e. The predicted octanol–water partition coefficient (Wildman–Crippen LogP) is 1.04. The second-order valence-corrected chi connectivity index (χ2v) is 3.08. The largest absolute Gasteiger partial charge is 0.422 e. The first-order valence-corrected chi connectivity index (χ1v) is 4.97. The second kappa shape index (κ2) is 5.86. The molecule has 17 heavy (non-hydrogen) atoms. The standard InChI is InChI=1S/C11H13NO5/c1-3-15-17-9-6-4-5-8(11(12)14)10(9)16-7(2)13/h4-6H,3H2,1-2H3,(H2,12,14). The van der Waals surface area contributed by atoms with Crippen LogP contribution in [0.3, 0.4) is 0 Å². The van der Waals surface area contributed by atoms with Gasteiger partial charge in [0.2, 0.25) is 5.75 Å². The van der Waals surface area contributed by atoms with Gasteiger partial charge >= 0.3 is 5.97 Å². The van der Waals surface area contributed by atoms with E-state index >= 15 is 0 Å². The molecule has 1 amide bonds. The predicted molar refractivity (Wildman–Crippen MR) is 58.5 cm³/mol. The number of esters is 1. The van der Waals surface area contributed by atoms with Gasteiger partial charge in [-0.3, -0.25) is 9.59 Å². The number of hydrogen-bond acceptors (Lipinski definition) is 5. The molecule has 1 aromatic carbocycles. The van der Waals surface area contributed by atoms with Crippen LogP contribution in [-0.4, -0.2) is 18.5 Å². The maximum atomic E-state index is 11.2. The smallest absolute Gasteiger partial charge is 0.308 e. The molecule has 0 fully saturated rings. The van der Waals surface area contributed by atoms with E-state index in [1.807, 2.05) is 0 Å². The van der Waals surface area contributed by atoms with E-state index in [2.05, 4.69) is 0 Å². The number of nitrogens with two attached hydrogens (primary N) is 1. The molecule has 0 heterocycles. The minimum atomic E-state index is -0.719. The van der Waals surface area contributed by atoms with E-state index in [0.29, 0.717) is 6.61 Å². The first kappa shape index (κ1) is 13.0. The Balaban J connectivity index is 3.14. The molecule has 0 unspecified atom stereocenters. The Morgan fingerprint density at radius 3 is 2.59 bits per heavy atom. The number of carbonyl (C=O) groups excluding carboxylic acids is 2. The number of para-hydroxylation sites is 1. The third-order valence-corrected chi connectivity index (χ3v) is 1.76. The topological polar surface area (TPSA) is 87.8 Å². The molecule has 0 aromatic heterocycles. The van der Waals surface area contributed by atoms with E-state index in [9.17, 15) is 9.59 Å². The van der Waals surface area contributed by atoms with E-state index in [1.54, 1.807) is 13.0 Å². The Hall–Kier alpha value is -2.08. The maximum absolute atomic E-state index is 11.2. The van der Waals surface area contributed by atoms with Crippen molar-refractivity contribution >= 4 is 11.9 Å². The summed E-state index contributed by atoms with van der Waals surface area (Å²) in [5.41, 5.74) is 5.21. The van der Waals surface area contributed by atoms with Crippen molar-refractivity contribution in [1.29, 1.82) is 0 Å². The van der Waals surface area contributed by atoms with Crippen LogP contribution in [0.4, 0.5) is 0 Å². The summed E-state index contributed by atoms with van der Waals surface area (Å²) in [6, 6.07) is 4.47. The van der Waals surface area contributed by atoms with Gasteiger partial charge in [-0.1, -0.05) is 6.07 Å². The van der Waals surface area contributed by atoms with Crippen molar-refractivity contribution < 1.29 is 24.1 Å². The molecule has 0 atom stereocenters. The molecule has 0 saturated carbocycles. The van der Waals surface area contributed by atoms with Crippen LogP contribution in [0.15, 0.2) is 18.2 Å². The molecule has 0 bridgehead atoms. The van der Waals surface area contributed by atoms with Crippen LogP contribution >= 0.6 is 0 Å². The fraction of sp³-hybridized carbons (Fsp3) is 0.273. The molecule has 0 spiro atoms. The lowest BCUT2D eigenvalue weighted by Gasteiger charge is -2.11. The van der Waals surface area contributed by atoms with Crippen LogP contribution < -0.4 is 15.4 Å². The van der Waals surface area contributed by atoms with E-state index in [0.717, 1.165) is 0 Å². The minimum absolute atomic E-state index is 0.0408. The van der Waals surface area contributed by atoms with Crippen LogP contribution in [-0.2, 0) is 9.68 Å². The summed E-state index contributed by atoms with van der Waals surface area (Å²) in [7, 11) is 0. The van der Waals surface area contributed by atoms with Crippen LogP contribution in [0.25, 0.3) is 0 Å². The van der Waals surface area contributed by atoms with Gasteiger partial charge < -0.3 is 15.4 Å². The molecule has 0 radical (unpaired) electrons. The average molecular weight is 239 g/mol. The van der Waals surface area contributed by atoms with Gasteiger partial charge in [0.05, 0.1) is 12.2 Å². The van der Waals surface area contributed by atoms with Gasteiger partial charge in [-0.15, -0.1) is 0 Å². The average Bonchev–Trinajstić information content (AvgIpc) is 2.26. The van der Waals surface area contributed by atoms with Crippen molar-refractivity contribution in [3.05, 3.63) is 23.8 Å². The fourth-order valence-corrected chi connectivity index (χ4v) is 1.15. The first-order chi connectivity index (χ1) is 8.06. The number of carbonyl (C=O) groups is 2. The van der Waals surface area contributed by atoms with Crippen LogP contribution in [0.5, 0.6) is 11.5 Å². The van der Waals surface area contributed by atoms with Crippen molar-refractivity contribution in [1.82, 2.24) is 0 Å². The number of primary amides is 1. The molecule has 1 rings (SSSR count). The van der Waals surface area contributed by atoms with Gasteiger partial charge in [0.25, 0.3) is 5.91 Å². The van der Waals surface area contributed by atoms with Crippen molar-refractivity contribution in [2.45, 2.75) is 13.8 Å². The number of benzene rings is 1. The molecule has 2 N–H and O–H groups in total. The van der Waals surface area contributed by atoms with Gasteiger partial charge in [-0.2, -0.15) is 4.89 Å². The van der Waals surface area contributed by atoms with Gasteiger partial charge in [0.15, 0.2) is 5.75 Å². The summed E-state index contributed by atoms with van der Waals surface area (Å²) in [6.07, 6.45) is 0. The molecule has 6 heteroatoms. The SMILES string of the molecule is CCOOc1cccc(C(N)=O)c1OC(C)=O. The maximum Gasteiger partial charge on any atom is 0.308 e. The van der Waals surface area contributed by atoms with Crippen LogP contribution in [0.1, 0.15) is 24.2 Å². The van der Waals surface area contributed by atoms with Crippen molar-refractivity contribution in [2.75, 3.05) is 6.61 Å². The number of amides is 1. The third-order valence-electron chi connectivity index (χ3n) is 1.76. The summed E-state index contributed by atoms with van der Waals surface area (Å²) in [6.45, 7) is 3.24. The van der Waals surface area contributed by atoms with Crippen molar-refractivity contribution in [3.63, 3.8) is 0 Å². The van der Waals surface area contributed by atoms with Crippen molar-refractivity contribution in [2.24, 2.45) is 5.73 Å². The lowest BCUT2D eigenvalue weighted by atomic mass is 10.2. The number of ether oxygens (including phenoxy) is 1. The molecule has 1 aromatic rings. The Bertz CT molecular complexity index is 430. The molecule has 0 aliphatic carbocycles. The summed E-state index contributed by atoms with van der Waals surface area (Å²) in [5, 5.41) is 0. The summed E-state index contributed by atoms with van der Waals surface area (Å²) in [4.78, 5) is 31.7. The van der Waals surface area contributed by atoms with E-state index in [-0.39, 0.29) is 17.1 Å². The zero-order valence-corrected chi connectivity index (χ0v) is 9.56. The highest BCUT2D eigenvalue weighted by Gasteiger charge is 2.17. The highest BCUT2D eigenvalue weighted by molar-refractivity contribution is 5.97. The van der Waals surface area contributed by atoms with Crippen LogP contribution in [0, 0.1) is 0 Å². The van der Waals surface area contributed by atoms with Gasteiger partial charge in [-0.25, -0.2) is 0 Å².